The molecule has 156 valence electrons. The summed E-state index contributed by atoms with van der Waals surface area (Å²) in [5.74, 6) is 0.905. The summed E-state index contributed by atoms with van der Waals surface area (Å²) in [6.45, 7) is 4.68. The molecule has 3 aliphatic rings. The fourth-order valence-electron chi connectivity index (χ4n) is 4.51. The Morgan fingerprint density at radius 1 is 1.28 bits per heavy atom. The van der Waals surface area contributed by atoms with Crippen molar-refractivity contribution in [2.75, 3.05) is 19.9 Å². The van der Waals surface area contributed by atoms with Crippen molar-refractivity contribution in [1.82, 2.24) is 15.1 Å². The zero-order chi connectivity index (χ0) is 20.6. The summed E-state index contributed by atoms with van der Waals surface area (Å²) in [5.41, 5.74) is 0.0586. The molecule has 8 nitrogen and oxygen atoms in total. The lowest BCUT2D eigenvalue weighted by atomic mass is 9.73. The van der Waals surface area contributed by atoms with E-state index in [2.05, 4.69) is 5.32 Å². The molecule has 0 aromatic heterocycles. The number of imide groups is 1. The van der Waals surface area contributed by atoms with Crippen molar-refractivity contribution < 1.29 is 23.9 Å². The first-order valence-electron chi connectivity index (χ1n) is 10.2. The molecular weight excluding hydrogens is 374 g/mol. The van der Waals surface area contributed by atoms with Crippen LogP contribution in [0.15, 0.2) is 18.2 Å². The fraction of sp³-hybridized carbons (Fsp3) is 0.571. The number of nitrogens with zero attached hydrogens (tertiary/aromatic N) is 2. The highest BCUT2D eigenvalue weighted by Crippen LogP contribution is 2.38. The number of carbonyl (C=O) groups is 3. The number of urea groups is 1. The van der Waals surface area contributed by atoms with E-state index < -0.39 is 11.6 Å². The molecule has 0 unspecified atom stereocenters. The molecule has 1 saturated carbocycles. The zero-order valence-electron chi connectivity index (χ0n) is 16.9. The van der Waals surface area contributed by atoms with Gasteiger partial charge in [-0.15, -0.1) is 0 Å². The van der Waals surface area contributed by atoms with Gasteiger partial charge < -0.3 is 19.7 Å². The van der Waals surface area contributed by atoms with E-state index in [1.807, 2.05) is 32.0 Å². The van der Waals surface area contributed by atoms with Crippen molar-refractivity contribution in [3.05, 3.63) is 23.8 Å². The molecule has 1 N–H and O–H groups in total. The zero-order valence-corrected chi connectivity index (χ0v) is 16.9. The number of fused-ring (bicyclic) bond motifs is 1. The molecule has 1 aromatic rings. The number of carbonyl (C=O) groups excluding carboxylic acids is 3. The summed E-state index contributed by atoms with van der Waals surface area (Å²) in [5, 5.41) is 2.90. The Kier molecular flexibility index (Phi) is 5.10. The Morgan fingerprint density at radius 2 is 2.07 bits per heavy atom. The third kappa shape index (κ3) is 3.41. The number of hydrogen-bond acceptors (Lipinski definition) is 5. The van der Waals surface area contributed by atoms with Crippen LogP contribution in [0.2, 0.25) is 0 Å². The van der Waals surface area contributed by atoms with Crippen LogP contribution < -0.4 is 14.8 Å². The summed E-state index contributed by atoms with van der Waals surface area (Å²) in [7, 11) is 0. The standard InChI is InChI=1S/C21H27N3O5/c1-3-23(11-15-7-8-16-17(10-15)29-13-28-16)18(25)12-24-19(26)21(22-20(24)27)9-5-4-6-14(21)2/h7-8,10,14H,3-6,9,11-13H2,1-2H3,(H,22,27)/t14-,21-/m0/s1. The molecular formula is C21H27N3O5. The van der Waals surface area contributed by atoms with Crippen LogP contribution in [0.1, 0.15) is 45.1 Å². The molecule has 0 bridgehead atoms. The molecule has 2 fully saturated rings. The first-order chi connectivity index (χ1) is 13.9. The summed E-state index contributed by atoms with van der Waals surface area (Å²) in [6.07, 6.45) is 3.50. The predicted molar refractivity (Wildman–Crippen MR) is 104 cm³/mol. The van der Waals surface area contributed by atoms with Crippen LogP contribution in [-0.4, -0.2) is 53.1 Å². The highest BCUT2D eigenvalue weighted by Gasteiger charge is 2.55. The maximum absolute atomic E-state index is 13.1. The van der Waals surface area contributed by atoms with Crippen LogP contribution in [0.4, 0.5) is 4.79 Å². The minimum atomic E-state index is -0.843. The summed E-state index contributed by atoms with van der Waals surface area (Å²) >= 11 is 0. The minimum absolute atomic E-state index is 0.0729. The lowest BCUT2D eigenvalue weighted by molar-refractivity contribution is -0.140. The van der Waals surface area contributed by atoms with Crippen molar-refractivity contribution in [3.63, 3.8) is 0 Å². The maximum atomic E-state index is 13.1. The minimum Gasteiger partial charge on any atom is -0.454 e. The van der Waals surface area contributed by atoms with Gasteiger partial charge in [-0.25, -0.2) is 4.79 Å². The van der Waals surface area contributed by atoms with Gasteiger partial charge >= 0.3 is 6.03 Å². The van der Waals surface area contributed by atoms with Crippen molar-refractivity contribution in [1.29, 1.82) is 0 Å². The first kappa shape index (κ1) is 19.5. The van der Waals surface area contributed by atoms with Gasteiger partial charge in [-0.05, 0) is 43.4 Å². The van der Waals surface area contributed by atoms with Crippen molar-refractivity contribution in [2.24, 2.45) is 5.92 Å². The van der Waals surface area contributed by atoms with Crippen molar-refractivity contribution in [2.45, 2.75) is 51.6 Å². The number of likely N-dealkylation sites (N-methyl/N-ethyl adjacent to an activating group) is 1. The summed E-state index contributed by atoms with van der Waals surface area (Å²) in [4.78, 5) is 41.2. The molecule has 1 aliphatic carbocycles. The molecule has 2 atom stereocenters. The number of nitrogens with one attached hydrogen (secondary N) is 1. The smallest absolute Gasteiger partial charge is 0.325 e. The number of hydrogen-bond donors (Lipinski definition) is 1. The van der Waals surface area contributed by atoms with Gasteiger partial charge in [0.2, 0.25) is 12.7 Å². The third-order valence-electron chi connectivity index (χ3n) is 6.34. The van der Waals surface area contributed by atoms with E-state index in [-0.39, 0.29) is 31.1 Å². The van der Waals surface area contributed by atoms with Gasteiger partial charge in [-0.2, -0.15) is 0 Å². The van der Waals surface area contributed by atoms with Crippen molar-refractivity contribution >= 4 is 17.8 Å². The van der Waals surface area contributed by atoms with Gasteiger partial charge in [0.1, 0.15) is 12.1 Å². The van der Waals surface area contributed by atoms with Gasteiger partial charge in [0.15, 0.2) is 11.5 Å². The van der Waals surface area contributed by atoms with E-state index in [9.17, 15) is 14.4 Å². The van der Waals surface area contributed by atoms with Crippen LogP contribution in [0.5, 0.6) is 11.5 Å². The number of ether oxygens (including phenoxy) is 2. The Balaban J connectivity index is 1.44. The van der Waals surface area contributed by atoms with E-state index in [0.717, 1.165) is 29.7 Å². The first-order valence-corrected chi connectivity index (χ1v) is 10.2. The molecule has 1 spiro atoms. The lowest BCUT2D eigenvalue weighted by Crippen LogP contribution is -2.54. The predicted octanol–water partition coefficient (Wildman–Crippen LogP) is 2.26. The van der Waals surface area contributed by atoms with E-state index in [4.69, 9.17) is 9.47 Å². The fourth-order valence-corrected chi connectivity index (χ4v) is 4.51. The van der Waals surface area contributed by atoms with Gasteiger partial charge in [-0.1, -0.05) is 25.8 Å². The lowest BCUT2D eigenvalue weighted by Gasteiger charge is -2.36. The molecule has 2 aliphatic heterocycles. The number of benzene rings is 1. The van der Waals surface area contributed by atoms with Crippen LogP contribution in [0.3, 0.4) is 0 Å². The topological polar surface area (TPSA) is 88.2 Å². The number of rotatable bonds is 5. The molecule has 8 heteroatoms. The second-order valence-corrected chi connectivity index (χ2v) is 8.04. The van der Waals surface area contributed by atoms with Crippen LogP contribution in [0, 0.1) is 5.92 Å². The van der Waals surface area contributed by atoms with Crippen LogP contribution >= 0.6 is 0 Å². The average Bonchev–Trinajstić information content (AvgIpc) is 3.27. The van der Waals surface area contributed by atoms with Gasteiger partial charge in [0.05, 0.1) is 0 Å². The summed E-state index contributed by atoms with van der Waals surface area (Å²) in [6, 6.07) is 5.10. The average molecular weight is 401 g/mol. The van der Waals surface area contributed by atoms with E-state index >= 15 is 0 Å². The Labute approximate surface area is 170 Å². The highest BCUT2D eigenvalue weighted by atomic mass is 16.7. The third-order valence-corrected chi connectivity index (χ3v) is 6.34. The van der Waals surface area contributed by atoms with Crippen LogP contribution in [-0.2, 0) is 16.1 Å². The SMILES string of the molecule is CCN(Cc1ccc2c(c1)OCO2)C(=O)CN1C(=O)N[C@]2(CCCC[C@@H]2C)C1=O. The Bertz CT molecular complexity index is 842. The van der Waals surface area contributed by atoms with E-state index in [1.165, 1.54) is 0 Å². The van der Waals surface area contributed by atoms with Gasteiger partial charge in [0, 0.05) is 13.1 Å². The quantitative estimate of drug-likeness (QED) is 0.765. The summed E-state index contributed by atoms with van der Waals surface area (Å²) < 4.78 is 10.7. The molecule has 29 heavy (non-hydrogen) atoms. The van der Waals surface area contributed by atoms with Crippen molar-refractivity contribution in [3.8, 4) is 11.5 Å². The van der Waals surface area contributed by atoms with Crippen LogP contribution in [0.25, 0.3) is 0 Å². The normalized spacial score (nSPS) is 25.4. The second-order valence-electron chi connectivity index (χ2n) is 8.04. The van der Waals surface area contributed by atoms with E-state index in [0.29, 0.717) is 31.0 Å². The van der Waals surface area contributed by atoms with Gasteiger partial charge in [-0.3, -0.25) is 14.5 Å². The van der Waals surface area contributed by atoms with E-state index in [1.54, 1.807) is 4.90 Å². The molecule has 1 aromatic carbocycles. The van der Waals surface area contributed by atoms with Gasteiger partial charge in [0.25, 0.3) is 5.91 Å². The Morgan fingerprint density at radius 3 is 2.83 bits per heavy atom. The monoisotopic (exact) mass is 401 g/mol. The molecule has 4 amide bonds. The molecule has 2 heterocycles. The highest BCUT2D eigenvalue weighted by molar-refractivity contribution is 6.09. The Hall–Kier alpha value is -2.77. The molecule has 4 rings (SSSR count). The molecule has 1 saturated heterocycles. The molecule has 0 radical (unpaired) electrons. The maximum Gasteiger partial charge on any atom is 0.325 e. The second kappa shape index (κ2) is 7.57. The number of amides is 4. The largest absolute Gasteiger partial charge is 0.454 e.